The second kappa shape index (κ2) is 8.13. The van der Waals surface area contributed by atoms with Crippen molar-refractivity contribution in [2.24, 2.45) is 11.1 Å². The zero-order chi connectivity index (χ0) is 13.4. The predicted molar refractivity (Wildman–Crippen MR) is 77.8 cm³/mol. The minimum absolute atomic E-state index is 0.321. The molecular weight excluding hydrogens is 224 g/mol. The summed E-state index contributed by atoms with van der Waals surface area (Å²) in [5.41, 5.74) is 6.07. The fourth-order valence-electron chi connectivity index (χ4n) is 2.58. The number of unbranched alkanes of at least 4 members (excludes halogenated alkanes) is 1. The molecule has 0 unspecified atom stereocenters. The van der Waals surface area contributed by atoms with Crippen LogP contribution in [0.5, 0.6) is 0 Å². The van der Waals surface area contributed by atoms with Crippen molar-refractivity contribution in [3.63, 3.8) is 0 Å². The Morgan fingerprint density at radius 1 is 1.22 bits per heavy atom. The molecule has 1 fully saturated rings. The predicted octanol–water partition coefficient (Wildman–Crippen LogP) is 2.64. The van der Waals surface area contributed by atoms with Crippen molar-refractivity contribution in [2.45, 2.75) is 59.0 Å². The summed E-state index contributed by atoms with van der Waals surface area (Å²) in [5.74, 6) is 0. The number of nitrogens with zero attached hydrogens (tertiary/aromatic N) is 1. The first-order chi connectivity index (χ1) is 8.57. The van der Waals surface area contributed by atoms with Crippen molar-refractivity contribution in [1.82, 2.24) is 4.90 Å². The molecule has 0 spiro atoms. The number of ether oxygens (including phenoxy) is 1. The van der Waals surface area contributed by atoms with Gasteiger partial charge in [0.25, 0.3) is 0 Å². The van der Waals surface area contributed by atoms with Gasteiger partial charge >= 0.3 is 0 Å². The van der Waals surface area contributed by atoms with E-state index in [1.54, 1.807) is 0 Å². The maximum Gasteiger partial charge on any atom is 0.0599 e. The van der Waals surface area contributed by atoms with Gasteiger partial charge < -0.3 is 15.4 Å². The molecule has 0 radical (unpaired) electrons. The van der Waals surface area contributed by atoms with Gasteiger partial charge in [0, 0.05) is 19.7 Å². The van der Waals surface area contributed by atoms with E-state index in [2.05, 4.69) is 25.7 Å². The highest BCUT2D eigenvalue weighted by molar-refractivity contribution is 4.73. The Labute approximate surface area is 113 Å². The molecule has 3 heteroatoms. The molecule has 0 amide bonds. The van der Waals surface area contributed by atoms with Crippen LogP contribution >= 0.6 is 0 Å². The van der Waals surface area contributed by atoms with Crippen LogP contribution in [0.1, 0.15) is 52.9 Å². The summed E-state index contributed by atoms with van der Waals surface area (Å²) < 4.78 is 5.68. The largest absolute Gasteiger partial charge is 0.378 e. The Kier molecular flexibility index (Phi) is 7.20. The van der Waals surface area contributed by atoms with E-state index in [0.717, 1.165) is 13.2 Å². The van der Waals surface area contributed by atoms with E-state index < -0.39 is 0 Å². The molecule has 1 saturated heterocycles. The van der Waals surface area contributed by atoms with Crippen LogP contribution in [-0.4, -0.2) is 43.8 Å². The van der Waals surface area contributed by atoms with E-state index in [0.29, 0.717) is 11.5 Å². The van der Waals surface area contributed by atoms with Gasteiger partial charge in [0.05, 0.1) is 6.10 Å². The van der Waals surface area contributed by atoms with Gasteiger partial charge in [-0.3, -0.25) is 0 Å². The molecule has 2 N–H and O–H groups in total. The van der Waals surface area contributed by atoms with E-state index in [9.17, 15) is 0 Å². The molecule has 1 aliphatic rings. The number of nitrogens with two attached hydrogens (primary N) is 1. The van der Waals surface area contributed by atoms with Crippen LogP contribution < -0.4 is 5.73 Å². The Bertz CT molecular complexity index is 211. The maximum atomic E-state index is 5.75. The highest BCUT2D eigenvalue weighted by Gasteiger charge is 2.19. The second-order valence-electron chi connectivity index (χ2n) is 6.32. The van der Waals surface area contributed by atoms with Gasteiger partial charge in [0.15, 0.2) is 0 Å². The van der Waals surface area contributed by atoms with E-state index in [4.69, 9.17) is 10.5 Å². The van der Waals surface area contributed by atoms with Crippen LogP contribution in [0.4, 0.5) is 0 Å². The summed E-state index contributed by atoms with van der Waals surface area (Å²) in [7, 11) is 0. The highest BCUT2D eigenvalue weighted by atomic mass is 16.5. The molecule has 0 aromatic rings. The standard InChI is InChI=1S/C15H32N2O/c1-4-18-14-7-11-17(12-8-14)10-6-5-9-15(2,3)13-16/h14H,4-13,16H2,1-3H3. The SMILES string of the molecule is CCOC1CCN(CCCCC(C)(C)CN)CC1. The number of likely N-dealkylation sites (tertiary alicyclic amines) is 1. The maximum absolute atomic E-state index is 5.75. The first kappa shape index (κ1) is 15.9. The van der Waals surface area contributed by atoms with Crippen LogP contribution in [0.25, 0.3) is 0 Å². The second-order valence-corrected chi connectivity index (χ2v) is 6.32. The van der Waals surface area contributed by atoms with Crippen molar-refractivity contribution in [3.8, 4) is 0 Å². The molecular formula is C15H32N2O. The third-order valence-corrected chi connectivity index (χ3v) is 4.07. The first-order valence-electron chi connectivity index (χ1n) is 7.61. The van der Waals surface area contributed by atoms with E-state index in [-0.39, 0.29) is 0 Å². The number of rotatable bonds is 8. The molecule has 0 aliphatic carbocycles. The van der Waals surface area contributed by atoms with Crippen LogP contribution in [0, 0.1) is 5.41 Å². The normalized spacial score (nSPS) is 19.3. The van der Waals surface area contributed by atoms with Gasteiger partial charge in [0.1, 0.15) is 0 Å². The quantitative estimate of drug-likeness (QED) is 0.679. The van der Waals surface area contributed by atoms with Gasteiger partial charge in [-0.25, -0.2) is 0 Å². The molecule has 0 bridgehead atoms. The van der Waals surface area contributed by atoms with Crippen LogP contribution in [0.15, 0.2) is 0 Å². The van der Waals surface area contributed by atoms with Gasteiger partial charge in [-0.05, 0) is 51.1 Å². The van der Waals surface area contributed by atoms with Gasteiger partial charge in [-0.2, -0.15) is 0 Å². The Morgan fingerprint density at radius 3 is 2.44 bits per heavy atom. The minimum Gasteiger partial charge on any atom is -0.378 e. The third kappa shape index (κ3) is 6.17. The lowest BCUT2D eigenvalue weighted by Crippen LogP contribution is -2.37. The lowest BCUT2D eigenvalue weighted by molar-refractivity contribution is 0.0139. The zero-order valence-electron chi connectivity index (χ0n) is 12.6. The molecule has 0 aromatic heterocycles. The summed E-state index contributed by atoms with van der Waals surface area (Å²) in [5, 5.41) is 0. The molecule has 0 saturated carbocycles. The average molecular weight is 256 g/mol. The summed E-state index contributed by atoms with van der Waals surface area (Å²) in [6.45, 7) is 12.0. The summed E-state index contributed by atoms with van der Waals surface area (Å²) in [6.07, 6.45) is 6.80. The fraction of sp³-hybridized carbons (Fsp3) is 1.00. The first-order valence-corrected chi connectivity index (χ1v) is 7.61. The average Bonchev–Trinajstić information content (AvgIpc) is 2.37. The number of piperidine rings is 1. The number of hydrogen-bond acceptors (Lipinski definition) is 3. The van der Waals surface area contributed by atoms with Crippen molar-refractivity contribution >= 4 is 0 Å². The monoisotopic (exact) mass is 256 g/mol. The summed E-state index contributed by atoms with van der Waals surface area (Å²) in [4.78, 5) is 2.59. The Hall–Kier alpha value is -0.120. The van der Waals surface area contributed by atoms with Crippen LogP contribution in [0.3, 0.4) is 0 Å². The highest BCUT2D eigenvalue weighted by Crippen LogP contribution is 2.21. The summed E-state index contributed by atoms with van der Waals surface area (Å²) in [6, 6.07) is 0. The molecule has 3 nitrogen and oxygen atoms in total. The molecule has 0 atom stereocenters. The molecule has 108 valence electrons. The molecule has 1 rings (SSSR count). The minimum atomic E-state index is 0.321. The Morgan fingerprint density at radius 2 is 1.89 bits per heavy atom. The van der Waals surface area contributed by atoms with Crippen LogP contribution in [-0.2, 0) is 4.74 Å². The van der Waals surface area contributed by atoms with Crippen molar-refractivity contribution < 1.29 is 4.74 Å². The topological polar surface area (TPSA) is 38.5 Å². The van der Waals surface area contributed by atoms with Gasteiger partial charge in [0.2, 0.25) is 0 Å². The summed E-state index contributed by atoms with van der Waals surface area (Å²) >= 11 is 0. The van der Waals surface area contributed by atoms with Crippen molar-refractivity contribution in [2.75, 3.05) is 32.8 Å². The van der Waals surface area contributed by atoms with Crippen molar-refractivity contribution in [1.29, 1.82) is 0 Å². The zero-order valence-corrected chi connectivity index (χ0v) is 12.6. The lowest BCUT2D eigenvalue weighted by atomic mass is 9.87. The molecule has 1 aliphatic heterocycles. The Balaban J connectivity index is 2.04. The van der Waals surface area contributed by atoms with Gasteiger partial charge in [-0.15, -0.1) is 0 Å². The third-order valence-electron chi connectivity index (χ3n) is 4.07. The number of hydrogen-bond donors (Lipinski definition) is 1. The fourth-order valence-corrected chi connectivity index (χ4v) is 2.58. The van der Waals surface area contributed by atoms with E-state index >= 15 is 0 Å². The van der Waals surface area contributed by atoms with E-state index in [1.165, 1.54) is 51.7 Å². The van der Waals surface area contributed by atoms with Gasteiger partial charge in [-0.1, -0.05) is 20.3 Å². The molecule has 0 aromatic carbocycles. The van der Waals surface area contributed by atoms with Crippen LogP contribution in [0.2, 0.25) is 0 Å². The molecule has 18 heavy (non-hydrogen) atoms. The van der Waals surface area contributed by atoms with E-state index in [1.807, 2.05) is 0 Å². The molecule has 1 heterocycles. The lowest BCUT2D eigenvalue weighted by Gasteiger charge is -2.32. The van der Waals surface area contributed by atoms with Crippen molar-refractivity contribution in [3.05, 3.63) is 0 Å². The smallest absolute Gasteiger partial charge is 0.0599 e.